The first-order chi connectivity index (χ1) is 10.4. The van der Waals surface area contributed by atoms with Gasteiger partial charge in [0.1, 0.15) is 5.60 Å². The van der Waals surface area contributed by atoms with E-state index in [1.54, 1.807) is 20.8 Å². The summed E-state index contributed by atoms with van der Waals surface area (Å²) in [5.74, 6) is 0. The molecule has 1 amide bonds. The van der Waals surface area contributed by atoms with Crippen molar-refractivity contribution in [3.05, 3.63) is 0 Å². The van der Waals surface area contributed by atoms with E-state index in [-0.39, 0.29) is 6.04 Å². The van der Waals surface area contributed by atoms with Crippen LogP contribution >= 0.6 is 0 Å². The van der Waals surface area contributed by atoms with Gasteiger partial charge in [-0.05, 0) is 40.5 Å². The summed E-state index contributed by atoms with van der Waals surface area (Å²) in [6, 6.07) is -0.883. The van der Waals surface area contributed by atoms with Crippen molar-refractivity contribution >= 4 is 6.09 Å². The van der Waals surface area contributed by atoms with E-state index in [4.69, 9.17) is 9.47 Å². The fourth-order valence-electron chi connectivity index (χ4n) is 2.08. The van der Waals surface area contributed by atoms with Crippen molar-refractivity contribution in [3.8, 4) is 0 Å². The van der Waals surface area contributed by atoms with E-state index in [1.807, 2.05) is 0 Å². The van der Waals surface area contributed by atoms with Crippen LogP contribution in [0.4, 0.5) is 18.0 Å². The Kier molecular flexibility index (Phi) is 9.53. The Balaban J connectivity index is 4.07. The molecule has 5 nitrogen and oxygen atoms in total. The summed E-state index contributed by atoms with van der Waals surface area (Å²) in [5.41, 5.74) is -0.558. The summed E-state index contributed by atoms with van der Waals surface area (Å²) in [5, 5.41) is 5.53. The standard InChI is InChI=1S/C15H29F3N2O3/c1-11(9-15(16,17)18)20-12(10-22-5)7-6-8-19-13(21)23-14(2,3)4/h11-12,20H,6-10H2,1-5H3,(H,19,21). The zero-order valence-corrected chi connectivity index (χ0v) is 14.5. The summed E-state index contributed by atoms with van der Waals surface area (Å²) >= 11 is 0. The molecule has 0 aliphatic carbocycles. The molecule has 2 atom stereocenters. The molecule has 0 aromatic heterocycles. The summed E-state index contributed by atoms with van der Waals surface area (Å²) in [6.45, 7) is 7.52. The highest BCUT2D eigenvalue weighted by Gasteiger charge is 2.30. The second kappa shape index (κ2) is 9.97. The number of halogens is 3. The normalized spacial score (nSPS) is 15.1. The molecule has 0 saturated heterocycles. The molecule has 0 aliphatic heterocycles. The average molecular weight is 342 g/mol. The van der Waals surface area contributed by atoms with Crippen molar-refractivity contribution in [1.82, 2.24) is 10.6 Å². The van der Waals surface area contributed by atoms with Crippen molar-refractivity contribution in [2.75, 3.05) is 20.3 Å². The Labute approximate surface area is 136 Å². The van der Waals surface area contributed by atoms with E-state index in [1.165, 1.54) is 14.0 Å². The zero-order valence-electron chi connectivity index (χ0n) is 14.5. The van der Waals surface area contributed by atoms with Crippen molar-refractivity contribution in [1.29, 1.82) is 0 Å². The number of hydrogen-bond acceptors (Lipinski definition) is 4. The maximum Gasteiger partial charge on any atom is 0.407 e. The lowest BCUT2D eigenvalue weighted by molar-refractivity contribution is -0.139. The molecule has 23 heavy (non-hydrogen) atoms. The number of carbonyl (C=O) groups is 1. The van der Waals surface area contributed by atoms with Crippen LogP contribution in [-0.2, 0) is 9.47 Å². The van der Waals surface area contributed by atoms with Crippen molar-refractivity contribution < 1.29 is 27.4 Å². The predicted octanol–water partition coefficient (Wildman–Crippen LogP) is 3.24. The third-order valence-electron chi connectivity index (χ3n) is 2.82. The minimum Gasteiger partial charge on any atom is -0.444 e. The highest BCUT2D eigenvalue weighted by atomic mass is 19.4. The molecule has 0 spiro atoms. The van der Waals surface area contributed by atoms with Gasteiger partial charge in [0.05, 0.1) is 13.0 Å². The van der Waals surface area contributed by atoms with Gasteiger partial charge in [0.15, 0.2) is 0 Å². The number of nitrogens with one attached hydrogen (secondary N) is 2. The smallest absolute Gasteiger partial charge is 0.407 e. The maximum atomic E-state index is 12.3. The minimum atomic E-state index is -4.19. The van der Waals surface area contributed by atoms with Gasteiger partial charge in [-0.15, -0.1) is 0 Å². The molecule has 138 valence electrons. The van der Waals surface area contributed by atoms with Crippen LogP contribution in [0.2, 0.25) is 0 Å². The minimum absolute atomic E-state index is 0.196. The molecule has 2 unspecified atom stereocenters. The molecule has 0 aromatic carbocycles. The quantitative estimate of drug-likeness (QED) is 0.632. The molecule has 0 heterocycles. The maximum absolute atomic E-state index is 12.3. The zero-order chi connectivity index (χ0) is 18.1. The molecule has 0 aliphatic rings. The van der Waals surface area contributed by atoms with E-state index in [9.17, 15) is 18.0 Å². The van der Waals surface area contributed by atoms with E-state index >= 15 is 0 Å². The molecule has 0 saturated carbocycles. The van der Waals surface area contributed by atoms with Crippen LogP contribution in [0, 0.1) is 0 Å². The topological polar surface area (TPSA) is 59.6 Å². The van der Waals surface area contributed by atoms with Crippen LogP contribution in [0.5, 0.6) is 0 Å². The van der Waals surface area contributed by atoms with Crippen molar-refractivity contribution in [2.24, 2.45) is 0 Å². The van der Waals surface area contributed by atoms with Gasteiger partial charge in [-0.25, -0.2) is 4.79 Å². The highest BCUT2D eigenvalue weighted by Crippen LogP contribution is 2.21. The van der Waals surface area contributed by atoms with Gasteiger partial charge >= 0.3 is 12.3 Å². The van der Waals surface area contributed by atoms with Crippen molar-refractivity contribution in [3.63, 3.8) is 0 Å². The summed E-state index contributed by atoms with van der Waals surface area (Å²) in [4.78, 5) is 11.5. The molecular weight excluding hydrogens is 313 g/mol. The van der Waals surface area contributed by atoms with E-state index in [0.29, 0.717) is 26.0 Å². The first kappa shape index (κ1) is 22.0. The second-order valence-corrected chi connectivity index (χ2v) is 6.61. The number of ether oxygens (including phenoxy) is 2. The molecule has 0 bridgehead atoms. The van der Waals surface area contributed by atoms with Crippen LogP contribution < -0.4 is 10.6 Å². The molecular formula is C15H29F3N2O3. The van der Waals surface area contributed by atoms with Gasteiger partial charge < -0.3 is 20.1 Å². The molecule has 2 N–H and O–H groups in total. The van der Waals surface area contributed by atoms with Gasteiger partial charge in [-0.3, -0.25) is 0 Å². The first-order valence-electron chi connectivity index (χ1n) is 7.71. The number of hydrogen-bond donors (Lipinski definition) is 2. The second-order valence-electron chi connectivity index (χ2n) is 6.61. The fourth-order valence-corrected chi connectivity index (χ4v) is 2.08. The summed E-state index contributed by atoms with van der Waals surface area (Å²) in [7, 11) is 1.50. The third-order valence-corrected chi connectivity index (χ3v) is 2.82. The first-order valence-corrected chi connectivity index (χ1v) is 7.71. The number of alkyl halides is 3. The van der Waals surface area contributed by atoms with Crippen LogP contribution in [0.3, 0.4) is 0 Å². The van der Waals surface area contributed by atoms with Gasteiger partial charge in [-0.1, -0.05) is 0 Å². The van der Waals surface area contributed by atoms with E-state index < -0.39 is 30.3 Å². The van der Waals surface area contributed by atoms with E-state index in [2.05, 4.69) is 10.6 Å². The summed E-state index contributed by atoms with van der Waals surface area (Å²) < 4.78 is 47.1. The number of alkyl carbamates (subject to hydrolysis) is 1. The SMILES string of the molecule is COCC(CCCNC(=O)OC(C)(C)C)NC(C)CC(F)(F)F. The Morgan fingerprint density at radius 3 is 2.30 bits per heavy atom. The van der Waals surface area contributed by atoms with Crippen LogP contribution in [0.1, 0.15) is 47.0 Å². The Morgan fingerprint density at radius 2 is 1.83 bits per heavy atom. The lowest BCUT2D eigenvalue weighted by Gasteiger charge is -2.24. The third kappa shape index (κ3) is 14.3. The Bertz CT molecular complexity index is 344. The van der Waals surface area contributed by atoms with Gasteiger partial charge in [-0.2, -0.15) is 13.2 Å². The molecule has 0 aromatic rings. The fraction of sp³-hybridized carbons (Fsp3) is 0.933. The molecule has 0 rings (SSSR count). The number of amides is 1. The van der Waals surface area contributed by atoms with E-state index in [0.717, 1.165) is 0 Å². The number of carbonyl (C=O) groups excluding carboxylic acids is 1. The predicted molar refractivity (Wildman–Crippen MR) is 82.4 cm³/mol. The van der Waals surface area contributed by atoms with Crippen LogP contribution in [0.15, 0.2) is 0 Å². The van der Waals surface area contributed by atoms with Crippen LogP contribution in [0.25, 0.3) is 0 Å². The molecule has 0 fully saturated rings. The Hall–Kier alpha value is -1.02. The monoisotopic (exact) mass is 342 g/mol. The lowest BCUT2D eigenvalue weighted by atomic mass is 10.1. The molecule has 8 heteroatoms. The van der Waals surface area contributed by atoms with Gasteiger partial charge in [0, 0.05) is 25.7 Å². The highest BCUT2D eigenvalue weighted by molar-refractivity contribution is 5.67. The number of methoxy groups -OCH3 is 1. The Morgan fingerprint density at radius 1 is 1.22 bits per heavy atom. The average Bonchev–Trinajstić information content (AvgIpc) is 2.30. The largest absolute Gasteiger partial charge is 0.444 e. The number of rotatable bonds is 9. The van der Waals surface area contributed by atoms with Gasteiger partial charge in [0.2, 0.25) is 0 Å². The van der Waals surface area contributed by atoms with Crippen molar-refractivity contribution in [2.45, 2.75) is 70.8 Å². The lowest BCUT2D eigenvalue weighted by Crippen LogP contribution is -2.42. The van der Waals surface area contributed by atoms with Crippen LogP contribution in [-0.4, -0.2) is 50.2 Å². The molecule has 0 radical (unpaired) electrons. The summed E-state index contributed by atoms with van der Waals surface area (Å²) in [6.07, 6.45) is -4.38. The van der Waals surface area contributed by atoms with Gasteiger partial charge in [0.25, 0.3) is 0 Å².